The minimum Gasteiger partial charge on any atom is -0.478 e. The second-order valence-corrected chi connectivity index (χ2v) is 4.14. The molecule has 19 heavy (non-hydrogen) atoms. The summed E-state index contributed by atoms with van der Waals surface area (Å²) < 4.78 is 15.0. The average molecular weight is 260 g/mol. The van der Waals surface area contributed by atoms with Gasteiger partial charge >= 0.3 is 5.97 Å². The number of carbonyl (C=O) groups is 1. The van der Waals surface area contributed by atoms with E-state index < -0.39 is 11.8 Å². The van der Waals surface area contributed by atoms with Crippen LogP contribution in [-0.4, -0.2) is 20.9 Å². The number of rotatable bonds is 4. The minimum absolute atomic E-state index is 0.397. The van der Waals surface area contributed by atoms with Crippen LogP contribution in [0.4, 0.5) is 4.39 Å². The first kappa shape index (κ1) is 13.0. The van der Waals surface area contributed by atoms with Crippen molar-refractivity contribution in [2.75, 3.05) is 0 Å². The molecular formula is C14H13FN2O2. The van der Waals surface area contributed by atoms with Crippen LogP contribution in [0.5, 0.6) is 0 Å². The van der Waals surface area contributed by atoms with E-state index >= 15 is 0 Å². The van der Waals surface area contributed by atoms with Gasteiger partial charge in [-0.2, -0.15) is 5.10 Å². The number of nitrogens with zero attached hydrogens (tertiary/aromatic N) is 2. The highest BCUT2D eigenvalue weighted by Gasteiger charge is 2.05. The predicted molar refractivity (Wildman–Crippen MR) is 69.1 cm³/mol. The lowest BCUT2D eigenvalue weighted by molar-refractivity contribution is -0.131. The van der Waals surface area contributed by atoms with Crippen LogP contribution in [0.2, 0.25) is 0 Å². The van der Waals surface area contributed by atoms with E-state index in [9.17, 15) is 9.18 Å². The molecule has 4 nitrogen and oxygen atoms in total. The fraction of sp³-hybridized carbons (Fsp3) is 0.143. The summed E-state index contributed by atoms with van der Waals surface area (Å²) in [5, 5.41) is 12.8. The zero-order valence-corrected chi connectivity index (χ0v) is 10.4. The summed E-state index contributed by atoms with van der Waals surface area (Å²) in [6.07, 6.45) is 4.07. The topological polar surface area (TPSA) is 55.1 Å². The molecule has 0 amide bonds. The number of aromatic nitrogens is 2. The third-order valence-corrected chi connectivity index (χ3v) is 2.76. The first-order valence-corrected chi connectivity index (χ1v) is 5.74. The number of carboxylic acids is 1. The van der Waals surface area contributed by atoms with Gasteiger partial charge in [0, 0.05) is 18.0 Å². The number of hydrogen-bond acceptors (Lipinski definition) is 2. The number of aryl methyl sites for hydroxylation is 1. The largest absolute Gasteiger partial charge is 0.478 e. The second-order valence-electron chi connectivity index (χ2n) is 4.14. The van der Waals surface area contributed by atoms with Crippen molar-refractivity contribution in [2.24, 2.45) is 0 Å². The summed E-state index contributed by atoms with van der Waals surface area (Å²) >= 11 is 0. The first-order valence-electron chi connectivity index (χ1n) is 5.74. The summed E-state index contributed by atoms with van der Waals surface area (Å²) in [5.74, 6) is -1.46. The number of aliphatic carboxylic acids is 1. The van der Waals surface area contributed by atoms with Gasteiger partial charge in [0.25, 0.3) is 0 Å². The molecule has 2 rings (SSSR count). The van der Waals surface area contributed by atoms with Crippen LogP contribution in [0.25, 0.3) is 6.08 Å². The third kappa shape index (κ3) is 3.28. The van der Waals surface area contributed by atoms with Crippen LogP contribution in [0, 0.1) is 12.7 Å². The lowest BCUT2D eigenvalue weighted by atomic mass is 10.1. The van der Waals surface area contributed by atoms with Crippen LogP contribution in [-0.2, 0) is 11.3 Å². The normalized spacial score (nSPS) is 11.1. The van der Waals surface area contributed by atoms with Gasteiger partial charge in [0.05, 0.1) is 6.54 Å². The quantitative estimate of drug-likeness (QED) is 0.859. The monoisotopic (exact) mass is 260 g/mol. The zero-order chi connectivity index (χ0) is 13.8. The molecule has 0 saturated carbocycles. The molecule has 1 N–H and O–H groups in total. The van der Waals surface area contributed by atoms with Crippen LogP contribution in [0.1, 0.15) is 16.8 Å². The van der Waals surface area contributed by atoms with Gasteiger partial charge in [-0.25, -0.2) is 9.18 Å². The Balaban J connectivity index is 2.34. The van der Waals surface area contributed by atoms with Crippen molar-refractivity contribution < 1.29 is 14.3 Å². The number of hydrogen-bond donors (Lipinski definition) is 1. The molecule has 0 aliphatic carbocycles. The molecule has 98 valence electrons. The van der Waals surface area contributed by atoms with Gasteiger partial charge in [-0.3, -0.25) is 4.68 Å². The van der Waals surface area contributed by atoms with Gasteiger partial charge in [0.2, 0.25) is 0 Å². The minimum atomic E-state index is -1.06. The van der Waals surface area contributed by atoms with Gasteiger partial charge in [0.15, 0.2) is 0 Å². The van der Waals surface area contributed by atoms with E-state index in [1.54, 1.807) is 16.9 Å². The van der Waals surface area contributed by atoms with Crippen LogP contribution >= 0.6 is 0 Å². The molecule has 0 aliphatic heterocycles. The van der Waals surface area contributed by atoms with E-state index in [0.717, 1.165) is 17.3 Å². The molecular weight excluding hydrogens is 247 g/mol. The van der Waals surface area contributed by atoms with Crippen molar-refractivity contribution in [3.8, 4) is 0 Å². The molecule has 0 saturated heterocycles. The SMILES string of the molecule is Cc1ccnn1Cc1ccc(F)cc1C=CC(=O)O. The van der Waals surface area contributed by atoms with Crippen molar-refractivity contribution in [1.82, 2.24) is 9.78 Å². The lowest BCUT2D eigenvalue weighted by Gasteiger charge is -2.08. The Kier molecular flexibility index (Phi) is 3.75. The molecule has 0 bridgehead atoms. The Morgan fingerprint density at radius 1 is 1.47 bits per heavy atom. The standard InChI is InChI=1S/C14H13FN2O2/c1-10-6-7-16-17(10)9-12-2-4-13(15)8-11(12)3-5-14(18)19/h2-8H,9H2,1H3,(H,18,19). The lowest BCUT2D eigenvalue weighted by Crippen LogP contribution is -2.05. The Labute approximate surface area is 109 Å². The number of benzene rings is 1. The first-order chi connectivity index (χ1) is 9.06. The maximum absolute atomic E-state index is 13.2. The van der Waals surface area contributed by atoms with Gasteiger partial charge in [-0.1, -0.05) is 6.07 Å². The van der Waals surface area contributed by atoms with E-state index in [1.807, 2.05) is 13.0 Å². The van der Waals surface area contributed by atoms with Crippen LogP contribution in [0.15, 0.2) is 36.5 Å². The predicted octanol–water partition coefficient (Wildman–Crippen LogP) is 2.48. The summed E-state index contributed by atoms with van der Waals surface area (Å²) in [5.41, 5.74) is 2.33. The van der Waals surface area contributed by atoms with Crippen LogP contribution in [0.3, 0.4) is 0 Å². The Morgan fingerprint density at radius 3 is 2.89 bits per heavy atom. The Morgan fingerprint density at radius 2 is 2.26 bits per heavy atom. The van der Waals surface area contributed by atoms with Crippen molar-refractivity contribution >= 4 is 12.0 Å². The fourth-order valence-corrected chi connectivity index (χ4v) is 1.75. The Hall–Kier alpha value is -2.43. The number of carboxylic acid groups (broad SMARTS) is 1. The van der Waals surface area contributed by atoms with Gasteiger partial charge in [-0.05, 0) is 42.3 Å². The zero-order valence-electron chi connectivity index (χ0n) is 10.4. The molecule has 5 heteroatoms. The van der Waals surface area contributed by atoms with Crippen molar-refractivity contribution in [3.63, 3.8) is 0 Å². The molecule has 0 atom stereocenters. The van der Waals surface area contributed by atoms with Gasteiger partial charge in [-0.15, -0.1) is 0 Å². The molecule has 1 aromatic heterocycles. The maximum Gasteiger partial charge on any atom is 0.328 e. The van der Waals surface area contributed by atoms with Crippen LogP contribution < -0.4 is 0 Å². The van der Waals surface area contributed by atoms with E-state index in [1.165, 1.54) is 18.2 Å². The third-order valence-electron chi connectivity index (χ3n) is 2.76. The molecule has 2 aromatic rings. The fourth-order valence-electron chi connectivity index (χ4n) is 1.75. The molecule has 0 fully saturated rings. The molecule has 1 aromatic carbocycles. The van der Waals surface area contributed by atoms with E-state index in [0.29, 0.717) is 12.1 Å². The maximum atomic E-state index is 13.2. The second kappa shape index (κ2) is 5.48. The summed E-state index contributed by atoms with van der Waals surface area (Å²) in [7, 11) is 0. The molecule has 0 spiro atoms. The van der Waals surface area contributed by atoms with E-state index in [4.69, 9.17) is 5.11 Å². The Bertz CT molecular complexity index is 632. The summed E-state index contributed by atoms with van der Waals surface area (Å²) in [6.45, 7) is 2.39. The molecule has 1 heterocycles. The van der Waals surface area contributed by atoms with E-state index in [-0.39, 0.29) is 0 Å². The molecule has 0 radical (unpaired) electrons. The molecule has 0 unspecified atom stereocenters. The average Bonchev–Trinajstić information content (AvgIpc) is 2.75. The smallest absolute Gasteiger partial charge is 0.328 e. The highest BCUT2D eigenvalue weighted by atomic mass is 19.1. The van der Waals surface area contributed by atoms with Gasteiger partial charge in [0.1, 0.15) is 5.82 Å². The van der Waals surface area contributed by atoms with E-state index in [2.05, 4.69) is 5.10 Å². The highest BCUT2D eigenvalue weighted by Crippen LogP contribution is 2.15. The number of halogens is 1. The van der Waals surface area contributed by atoms with Crippen molar-refractivity contribution in [3.05, 3.63) is 59.2 Å². The highest BCUT2D eigenvalue weighted by molar-refractivity contribution is 5.85. The summed E-state index contributed by atoms with van der Waals surface area (Å²) in [4.78, 5) is 10.5. The van der Waals surface area contributed by atoms with Gasteiger partial charge < -0.3 is 5.11 Å². The summed E-state index contributed by atoms with van der Waals surface area (Å²) in [6, 6.07) is 6.17. The molecule has 0 aliphatic rings. The van der Waals surface area contributed by atoms with Crippen molar-refractivity contribution in [1.29, 1.82) is 0 Å². The van der Waals surface area contributed by atoms with Crippen molar-refractivity contribution in [2.45, 2.75) is 13.5 Å².